The van der Waals surface area contributed by atoms with Gasteiger partial charge in [-0.15, -0.1) is 0 Å². The van der Waals surface area contributed by atoms with Crippen molar-refractivity contribution in [1.29, 1.82) is 0 Å². The number of anilines is 3. The van der Waals surface area contributed by atoms with Gasteiger partial charge in [-0.1, -0.05) is 30.3 Å². The normalized spacial score (nSPS) is 14.1. The van der Waals surface area contributed by atoms with Crippen molar-refractivity contribution < 1.29 is 13.2 Å². The lowest BCUT2D eigenvalue weighted by molar-refractivity contribution is 0.0930. The molecule has 3 aromatic heterocycles. The summed E-state index contributed by atoms with van der Waals surface area (Å²) in [7, 11) is 0.453. The molecule has 12 nitrogen and oxygen atoms in total. The van der Waals surface area contributed by atoms with E-state index in [9.17, 15) is 13.2 Å². The number of rotatable bonds is 12. The highest BCUT2D eigenvalue weighted by atomic mass is 32.2. The quantitative estimate of drug-likeness (QED) is 0.224. The van der Waals surface area contributed by atoms with Crippen LogP contribution >= 0.6 is 0 Å². The van der Waals surface area contributed by atoms with Crippen LogP contribution in [0, 0.1) is 0 Å². The molecular formula is C29H35N9O3S. The minimum Gasteiger partial charge on any atom is -0.382 e. The van der Waals surface area contributed by atoms with Crippen LogP contribution in [0.1, 0.15) is 48.7 Å². The van der Waals surface area contributed by atoms with Crippen molar-refractivity contribution in [3.8, 4) is 11.4 Å². The molecule has 0 bridgehead atoms. The van der Waals surface area contributed by atoms with E-state index in [4.69, 9.17) is 0 Å². The van der Waals surface area contributed by atoms with Gasteiger partial charge in [0.1, 0.15) is 11.6 Å². The van der Waals surface area contributed by atoms with Gasteiger partial charge < -0.3 is 20.9 Å². The number of aromatic nitrogens is 5. The number of benzene rings is 1. The van der Waals surface area contributed by atoms with E-state index in [1.54, 1.807) is 18.3 Å². The average molecular weight is 590 g/mol. The average Bonchev–Trinajstić information content (AvgIpc) is 3.70. The van der Waals surface area contributed by atoms with E-state index in [2.05, 4.69) is 36.0 Å². The van der Waals surface area contributed by atoms with Gasteiger partial charge in [0, 0.05) is 31.0 Å². The van der Waals surface area contributed by atoms with Crippen LogP contribution in [0.2, 0.25) is 0 Å². The lowest BCUT2D eigenvalue weighted by atomic mass is 10.1. The van der Waals surface area contributed by atoms with Crippen LogP contribution in [0.3, 0.4) is 0 Å². The Labute approximate surface area is 245 Å². The topological polar surface area (TPSA) is 147 Å². The highest BCUT2D eigenvalue weighted by Gasteiger charge is 2.37. The number of nitrogens with zero attached hydrogens (tertiary/aromatic N) is 6. The Morgan fingerprint density at radius 2 is 1.83 bits per heavy atom. The molecule has 3 N–H and O–H groups in total. The molecule has 4 aromatic rings. The minimum absolute atomic E-state index is 0.0626. The molecule has 0 spiro atoms. The van der Waals surface area contributed by atoms with Crippen LogP contribution < -0.4 is 16.0 Å². The van der Waals surface area contributed by atoms with Crippen molar-refractivity contribution in [1.82, 2.24) is 34.4 Å². The van der Waals surface area contributed by atoms with Gasteiger partial charge in [0.2, 0.25) is 0 Å². The Morgan fingerprint density at radius 1 is 1.07 bits per heavy atom. The van der Waals surface area contributed by atoms with Gasteiger partial charge in [-0.2, -0.15) is 9.19 Å². The molecular weight excluding hydrogens is 554 g/mol. The molecule has 3 heterocycles. The number of hydrogen-bond donors (Lipinski definition) is 3. The highest BCUT2D eigenvalue weighted by Crippen LogP contribution is 2.30. The first-order valence-corrected chi connectivity index (χ1v) is 15.3. The van der Waals surface area contributed by atoms with Crippen molar-refractivity contribution in [2.75, 3.05) is 31.3 Å². The summed E-state index contributed by atoms with van der Waals surface area (Å²) in [4.78, 5) is 28.8. The second-order valence-corrected chi connectivity index (χ2v) is 12.9. The summed E-state index contributed by atoms with van der Waals surface area (Å²) in [5.41, 5.74) is 2.54. The van der Waals surface area contributed by atoms with Crippen LogP contribution in [0.4, 0.5) is 17.3 Å². The SMILES string of the molecule is CC(C)Nc1cc(Nc2ccnc(-c3cnn(S(=O)(=O)C4CC4)c3)n2)ncc1C(=O)NC(CN(C)C)c1ccccc1. The zero-order valence-electron chi connectivity index (χ0n) is 24.0. The first kappa shape index (κ1) is 29.1. The lowest BCUT2D eigenvalue weighted by Gasteiger charge is -2.24. The van der Waals surface area contributed by atoms with Crippen LogP contribution in [0.15, 0.2) is 67.3 Å². The fourth-order valence-electron chi connectivity index (χ4n) is 4.43. The fourth-order valence-corrected chi connectivity index (χ4v) is 5.91. The van der Waals surface area contributed by atoms with Crippen molar-refractivity contribution in [2.24, 2.45) is 0 Å². The summed E-state index contributed by atoms with van der Waals surface area (Å²) < 4.78 is 26.0. The molecule has 0 saturated heterocycles. The van der Waals surface area contributed by atoms with Crippen LogP contribution in [-0.2, 0) is 10.0 Å². The third kappa shape index (κ3) is 6.92. The standard InChI is InChI=1S/C29H35N9O3S/c1-19(2)33-24-14-27(31-16-23(24)29(39)34-25(18-37(3)4)20-8-6-5-7-9-20)35-26-12-13-30-28(36-26)21-15-32-38(17-21)42(40,41)22-10-11-22/h5-9,12-17,19,22,25H,10-11,18H2,1-4H3,(H,34,39)(H2,30,31,33,35,36). The molecule has 0 radical (unpaired) electrons. The molecule has 1 fully saturated rings. The van der Waals surface area contributed by atoms with Crippen molar-refractivity contribution in [3.63, 3.8) is 0 Å². The molecule has 0 aliphatic heterocycles. The van der Waals surface area contributed by atoms with Crippen LogP contribution in [0.5, 0.6) is 0 Å². The lowest BCUT2D eigenvalue weighted by Crippen LogP contribution is -2.35. The van der Waals surface area contributed by atoms with Gasteiger partial charge in [0.25, 0.3) is 15.9 Å². The summed E-state index contributed by atoms with van der Waals surface area (Å²) in [5, 5.41) is 13.3. The maximum absolute atomic E-state index is 13.5. The largest absolute Gasteiger partial charge is 0.382 e. The molecule has 1 unspecified atom stereocenters. The molecule has 220 valence electrons. The molecule has 1 amide bonds. The summed E-state index contributed by atoms with van der Waals surface area (Å²) in [6.45, 7) is 4.62. The molecule has 42 heavy (non-hydrogen) atoms. The first-order chi connectivity index (χ1) is 20.1. The third-order valence-corrected chi connectivity index (χ3v) is 8.62. The van der Waals surface area contributed by atoms with Crippen molar-refractivity contribution in [3.05, 3.63) is 78.4 Å². The Balaban J connectivity index is 1.36. The Morgan fingerprint density at radius 3 is 2.52 bits per heavy atom. The van der Waals surface area contributed by atoms with Crippen LogP contribution in [0.25, 0.3) is 11.4 Å². The van der Waals surface area contributed by atoms with Gasteiger partial charge in [-0.05, 0) is 52.4 Å². The van der Waals surface area contributed by atoms with E-state index in [1.807, 2.05) is 63.2 Å². The zero-order valence-corrected chi connectivity index (χ0v) is 24.8. The predicted octanol–water partition coefficient (Wildman–Crippen LogP) is 3.67. The van der Waals surface area contributed by atoms with Gasteiger partial charge >= 0.3 is 0 Å². The molecule has 1 aromatic carbocycles. The number of carbonyl (C=O) groups is 1. The van der Waals surface area contributed by atoms with Gasteiger partial charge in [0.05, 0.1) is 40.5 Å². The Kier molecular flexibility index (Phi) is 8.50. The molecule has 1 atom stereocenters. The van der Waals surface area contributed by atoms with Crippen molar-refractivity contribution in [2.45, 2.75) is 44.0 Å². The predicted molar refractivity (Wildman–Crippen MR) is 162 cm³/mol. The van der Waals surface area contributed by atoms with Gasteiger partial charge in [0.15, 0.2) is 5.82 Å². The first-order valence-electron chi connectivity index (χ1n) is 13.8. The number of pyridine rings is 1. The monoisotopic (exact) mass is 589 g/mol. The maximum atomic E-state index is 13.5. The summed E-state index contributed by atoms with van der Waals surface area (Å²) >= 11 is 0. The molecule has 5 rings (SSSR count). The van der Waals surface area contributed by atoms with E-state index < -0.39 is 10.0 Å². The van der Waals surface area contributed by atoms with E-state index in [0.29, 0.717) is 53.7 Å². The smallest absolute Gasteiger partial charge is 0.256 e. The maximum Gasteiger partial charge on any atom is 0.256 e. The molecule has 1 aliphatic carbocycles. The second-order valence-electron chi connectivity index (χ2n) is 10.8. The number of carbonyl (C=O) groups excluding carboxylic acids is 1. The summed E-state index contributed by atoms with van der Waals surface area (Å²) in [6, 6.07) is 13.2. The molecule has 1 saturated carbocycles. The zero-order chi connectivity index (χ0) is 29.9. The van der Waals surface area contributed by atoms with E-state index >= 15 is 0 Å². The van der Waals surface area contributed by atoms with Crippen LogP contribution in [-0.4, -0.2) is 75.3 Å². The van der Waals surface area contributed by atoms with E-state index in [-0.39, 0.29) is 23.2 Å². The van der Waals surface area contributed by atoms with E-state index in [0.717, 1.165) is 9.65 Å². The fraction of sp³-hybridized carbons (Fsp3) is 0.345. The van der Waals surface area contributed by atoms with Crippen molar-refractivity contribution >= 4 is 33.3 Å². The second kappa shape index (κ2) is 12.2. The minimum atomic E-state index is -3.48. The molecule has 1 aliphatic rings. The number of nitrogens with one attached hydrogen (secondary N) is 3. The Bertz CT molecular complexity index is 1650. The summed E-state index contributed by atoms with van der Waals surface area (Å²) in [5.74, 6) is 1.00. The number of likely N-dealkylation sites (N-methyl/N-ethyl adjacent to an activating group) is 1. The van der Waals surface area contributed by atoms with E-state index in [1.165, 1.54) is 18.6 Å². The number of hydrogen-bond acceptors (Lipinski definition) is 10. The number of amides is 1. The van der Waals surface area contributed by atoms with Gasteiger partial charge in [-0.3, -0.25) is 4.79 Å². The Hall–Kier alpha value is -4.36. The highest BCUT2D eigenvalue weighted by molar-refractivity contribution is 7.90. The third-order valence-electron chi connectivity index (χ3n) is 6.58. The van der Waals surface area contributed by atoms with Gasteiger partial charge in [-0.25, -0.2) is 23.4 Å². The molecule has 13 heteroatoms. The summed E-state index contributed by atoms with van der Waals surface area (Å²) in [6.07, 6.45) is 7.28.